The molecule has 0 aliphatic heterocycles. The van der Waals surface area contributed by atoms with Crippen LogP contribution in [0.5, 0.6) is 0 Å². The Hall–Kier alpha value is 0. The molecule has 0 aliphatic rings. The molecule has 62 heavy (non-hydrogen) atoms. The Labute approximate surface area is 397 Å². The van der Waals surface area contributed by atoms with Gasteiger partial charge in [-0.3, -0.25) is 0 Å². The van der Waals surface area contributed by atoms with Crippen LogP contribution in [-0.4, -0.2) is 0 Å². The molecule has 0 rings (SSSR count). The number of rotatable bonds is 59. The summed E-state index contributed by atoms with van der Waals surface area (Å²) in [4.78, 5) is 0. The topological polar surface area (TPSA) is 0 Å². The summed E-state index contributed by atoms with van der Waals surface area (Å²) in [6.45, 7) is 4.63. The average molecular weight is 872 g/mol. The maximum atomic E-state index is 2.31. The molecule has 0 spiro atoms. The minimum Gasteiger partial charge on any atom is -0.0654 e. The molecule has 0 saturated carbocycles. The summed E-state index contributed by atoms with van der Waals surface area (Å²) in [6.07, 6.45) is 89.4. The molecule has 0 heteroatoms. The molecule has 0 heterocycles. The molecule has 0 aliphatic carbocycles. The summed E-state index contributed by atoms with van der Waals surface area (Å²) in [5.74, 6) is 0. The fraction of sp³-hybridized carbons (Fsp3) is 1.00. The van der Waals surface area contributed by atoms with Gasteiger partial charge in [0.25, 0.3) is 0 Å². The van der Waals surface area contributed by atoms with Crippen LogP contribution in [0.15, 0.2) is 0 Å². The molecule has 0 aromatic heterocycles. The highest BCUT2D eigenvalue weighted by Crippen LogP contribution is 2.20. The second kappa shape index (κ2) is 61.0. The van der Waals surface area contributed by atoms with Gasteiger partial charge in [-0.25, -0.2) is 0 Å². The van der Waals surface area contributed by atoms with Crippen LogP contribution < -0.4 is 0 Å². The molecule has 0 fully saturated rings. The molecule has 0 aromatic rings. The minimum absolute atomic E-state index is 1.37. The first-order chi connectivity index (χ1) is 30.9. The van der Waals surface area contributed by atoms with Crippen molar-refractivity contribution in [2.45, 2.75) is 399 Å². The smallest absolute Gasteiger partial charge is 0.0533 e. The molecule has 0 saturated heterocycles. The van der Waals surface area contributed by atoms with E-state index >= 15 is 0 Å². The summed E-state index contributed by atoms with van der Waals surface area (Å²) in [5, 5.41) is 0. The molecule has 374 valence electrons. The molecule has 0 radical (unpaired) electrons. The van der Waals surface area contributed by atoms with Crippen molar-refractivity contribution < 1.29 is 0 Å². The lowest BCUT2D eigenvalue weighted by molar-refractivity contribution is 0.506. The normalized spacial score (nSPS) is 11.7. The zero-order chi connectivity index (χ0) is 44.4. The molecular weight excluding hydrogens is 745 g/mol. The van der Waals surface area contributed by atoms with Crippen molar-refractivity contribution in [2.24, 2.45) is 0 Å². The highest BCUT2D eigenvalue weighted by molar-refractivity contribution is 4.55. The van der Waals surface area contributed by atoms with Gasteiger partial charge in [0.1, 0.15) is 0 Å². The zero-order valence-electron chi connectivity index (χ0n) is 44.4. The van der Waals surface area contributed by atoms with E-state index in [1.54, 1.807) is 0 Å². The van der Waals surface area contributed by atoms with Gasteiger partial charge in [-0.1, -0.05) is 399 Å². The molecule has 0 amide bonds. The fourth-order valence-electron chi connectivity index (χ4n) is 10.4. The molecule has 0 bridgehead atoms. The molecule has 0 N–H and O–H groups in total. The molecule has 0 atom stereocenters. The van der Waals surface area contributed by atoms with Crippen LogP contribution in [-0.2, 0) is 0 Å². The third-order valence-corrected chi connectivity index (χ3v) is 15.0. The van der Waals surface area contributed by atoms with E-state index in [0.29, 0.717) is 0 Å². The van der Waals surface area contributed by atoms with Crippen LogP contribution in [0.4, 0.5) is 0 Å². The van der Waals surface area contributed by atoms with E-state index < -0.39 is 0 Å². The van der Waals surface area contributed by atoms with Crippen molar-refractivity contribution in [1.29, 1.82) is 0 Å². The van der Waals surface area contributed by atoms with Crippen LogP contribution in [0.25, 0.3) is 0 Å². The Morgan fingerprint density at radius 2 is 0.129 bits per heavy atom. The predicted octanol–water partition coefficient (Wildman–Crippen LogP) is 24.4. The Morgan fingerprint density at radius 1 is 0.0806 bits per heavy atom. The third-order valence-electron chi connectivity index (χ3n) is 15.0. The number of unbranched alkanes of at least 4 members (excludes halogenated alkanes) is 59. The van der Waals surface area contributed by atoms with E-state index in [9.17, 15) is 0 Å². The van der Waals surface area contributed by atoms with Crippen molar-refractivity contribution in [3.63, 3.8) is 0 Å². The van der Waals surface area contributed by atoms with Gasteiger partial charge in [-0.05, 0) is 0 Å². The monoisotopic (exact) mass is 871 g/mol. The van der Waals surface area contributed by atoms with Crippen LogP contribution in [0.3, 0.4) is 0 Å². The first-order valence-corrected chi connectivity index (χ1v) is 30.9. The van der Waals surface area contributed by atoms with Crippen molar-refractivity contribution in [1.82, 2.24) is 0 Å². The number of hydrogen-bond donors (Lipinski definition) is 0. The van der Waals surface area contributed by atoms with Gasteiger partial charge in [-0.2, -0.15) is 0 Å². The zero-order valence-corrected chi connectivity index (χ0v) is 44.4. The first-order valence-electron chi connectivity index (χ1n) is 30.9. The van der Waals surface area contributed by atoms with Crippen LogP contribution in [0.1, 0.15) is 399 Å². The second-order valence-electron chi connectivity index (χ2n) is 21.5. The summed E-state index contributed by atoms with van der Waals surface area (Å²) in [5.41, 5.74) is 0. The molecule has 0 unspecified atom stereocenters. The number of hydrogen-bond acceptors (Lipinski definition) is 0. The van der Waals surface area contributed by atoms with Gasteiger partial charge in [0, 0.05) is 0 Å². The van der Waals surface area contributed by atoms with E-state index in [-0.39, 0.29) is 0 Å². The molecular formula is C62H126. The average Bonchev–Trinajstić information content (AvgIpc) is 3.28. The van der Waals surface area contributed by atoms with E-state index in [1.165, 1.54) is 385 Å². The van der Waals surface area contributed by atoms with Gasteiger partial charge in [0.2, 0.25) is 0 Å². The minimum atomic E-state index is 1.37. The highest BCUT2D eigenvalue weighted by Gasteiger charge is 2.00. The largest absolute Gasteiger partial charge is 0.0654 e. The van der Waals surface area contributed by atoms with Gasteiger partial charge < -0.3 is 0 Å². The maximum Gasteiger partial charge on any atom is -0.0533 e. The SMILES string of the molecule is CCCCCCCCCCCCCCCCCCCCCCCCCCCCCCCCCCCCCCCCCCCCCCCCCCCCCCCCCCCCCC. The van der Waals surface area contributed by atoms with Gasteiger partial charge in [0.05, 0.1) is 0 Å². The van der Waals surface area contributed by atoms with Gasteiger partial charge >= 0.3 is 0 Å². The molecule has 0 nitrogen and oxygen atoms in total. The lowest BCUT2D eigenvalue weighted by Crippen LogP contribution is -1.85. The first kappa shape index (κ1) is 62.0. The third kappa shape index (κ3) is 60.0. The maximum absolute atomic E-state index is 2.31. The van der Waals surface area contributed by atoms with E-state index in [4.69, 9.17) is 0 Å². The van der Waals surface area contributed by atoms with Crippen molar-refractivity contribution in [2.75, 3.05) is 0 Å². The van der Waals surface area contributed by atoms with Crippen molar-refractivity contribution in [3.05, 3.63) is 0 Å². The predicted molar refractivity (Wildman–Crippen MR) is 288 cm³/mol. The van der Waals surface area contributed by atoms with Gasteiger partial charge in [0.15, 0.2) is 0 Å². The summed E-state index contributed by atoms with van der Waals surface area (Å²) in [6, 6.07) is 0. The lowest BCUT2D eigenvalue weighted by atomic mass is 10.0. The Morgan fingerprint density at radius 3 is 0.177 bits per heavy atom. The Bertz CT molecular complexity index is 649. The van der Waals surface area contributed by atoms with E-state index in [0.717, 1.165) is 0 Å². The quantitative estimate of drug-likeness (QED) is 0.0534. The van der Waals surface area contributed by atoms with Crippen LogP contribution in [0.2, 0.25) is 0 Å². The Balaban J connectivity index is 3.06. The van der Waals surface area contributed by atoms with Crippen LogP contribution >= 0.6 is 0 Å². The van der Waals surface area contributed by atoms with E-state index in [2.05, 4.69) is 13.8 Å². The highest BCUT2D eigenvalue weighted by atomic mass is 14.1. The molecule has 0 aromatic carbocycles. The van der Waals surface area contributed by atoms with Crippen molar-refractivity contribution in [3.8, 4) is 0 Å². The van der Waals surface area contributed by atoms with Crippen molar-refractivity contribution >= 4 is 0 Å². The summed E-state index contributed by atoms with van der Waals surface area (Å²) < 4.78 is 0. The summed E-state index contributed by atoms with van der Waals surface area (Å²) in [7, 11) is 0. The Kier molecular flexibility index (Phi) is 61.0. The standard InChI is InChI=1S/C62H126/c1-3-5-7-9-11-13-15-17-19-21-23-25-27-29-31-33-35-37-39-41-43-45-47-49-51-53-55-57-59-61-62-60-58-56-54-52-50-48-46-44-42-40-38-36-34-32-30-28-26-24-22-20-18-16-14-12-10-8-6-4-2/h3-62H2,1-2H3. The fourth-order valence-corrected chi connectivity index (χ4v) is 10.4. The summed E-state index contributed by atoms with van der Waals surface area (Å²) >= 11 is 0. The van der Waals surface area contributed by atoms with Crippen LogP contribution in [0, 0.1) is 0 Å². The van der Waals surface area contributed by atoms with E-state index in [1.807, 2.05) is 0 Å². The lowest BCUT2D eigenvalue weighted by Gasteiger charge is -2.05. The second-order valence-corrected chi connectivity index (χ2v) is 21.5. The van der Waals surface area contributed by atoms with Gasteiger partial charge in [-0.15, -0.1) is 0 Å².